The quantitative estimate of drug-likeness (QED) is 0.697. The molecule has 0 N–H and O–H groups in total. The van der Waals surface area contributed by atoms with Crippen LogP contribution in [-0.4, -0.2) is 92.1 Å². The molecule has 0 radical (unpaired) electrons. The van der Waals surface area contributed by atoms with E-state index in [1.165, 1.54) is 0 Å². The highest BCUT2D eigenvalue weighted by molar-refractivity contribution is 5.79. The third kappa shape index (κ3) is 5.45. The van der Waals surface area contributed by atoms with Crippen LogP contribution in [0.2, 0.25) is 0 Å². The van der Waals surface area contributed by atoms with E-state index in [9.17, 15) is 9.59 Å². The van der Waals surface area contributed by atoms with Crippen molar-refractivity contribution in [3.63, 3.8) is 0 Å². The molecule has 7 nitrogen and oxygen atoms in total. The van der Waals surface area contributed by atoms with Crippen LogP contribution < -0.4 is 4.74 Å². The molecule has 28 heavy (non-hydrogen) atoms. The Morgan fingerprint density at radius 3 is 2.54 bits per heavy atom. The first-order chi connectivity index (χ1) is 13.6. The highest BCUT2D eigenvalue weighted by Crippen LogP contribution is 2.18. The third-order valence-corrected chi connectivity index (χ3v) is 5.64. The van der Waals surface area contributed by atoms with Crippen LogP contribution in [0.3, 0.4) is 0 Å². The predicted molar refractivity (Wildman–Crippen MR) is 106 cm³/mol. The molecule has 3 rings (SSSR count). The van der Waals surface area contributed by atoms with Gasteiger partial charge in [0.15, 0.2) is 0 Å². The van der Waals surface area contributed by atoms with E-state index in [1.54, 1.807) is 14.0 Å². The fourth-order valence-electron chi connectivity index (χ4n) is 3.92. The van der Waals surface area contributed by atoms with Crippen molar-refractivity contribution >= 4 is 11.8 Å². The van der Waals surface area contributed by atoms with E-state index in [2.05, 4.69) is 4.90 Å². The van der Waals surface area contributed by atoms with Crippen molar-refractivity contribution in [2.75, 3.05) is 59.6 Å². The SMILES string of the molecule is COc1ccc(CC(=O)N2CCC(N(CCN3CCOCC3)C(C)=O)C2)cc1. The number of hydrogen-bond donors (Lipinski definition) is 0. The smallest absolute Gasteiger partial charge is 0.227 e. The number of benzene rings is 1. The number of rotatable bonds is 7. The molecular weight excluding hydrogens is 358 g/mol. The molecule has 2 amide bonds. The Hall–Kier alpha value is -2.12. The molecule has 0 aliphatic carbocycles. The van der Waals surface area contributed by atoms with E-state index in [1.807, 2.05) is 34.1 Å². The Morgan fingerprint density at radius 1 is 1.18 bits per heavy atom. The standard InChI is InChI=1S/C21H31N3O4/c1-17(25)24(10-9-22-11-13-28-14-12-22)19-7-8-23(16-19)21(26)15-18-3-5-20(27-2)6-4-18/h3-6,19H,7-16H2,1-2H3. The van der Waals surface area contributed by atoms with Gasteiger partial charge in [0.05, 0.1) is 32.8 Å². The number of amides is 2. The molecule has 7 heteroatoms. The fourth-order valence-corrected chi connectivity index (χ4v) is 3.92. The molecule has 1 aromatic carbocycles. The van der Waals surface area contributed by atoms with Gasteiger partial charge in [-0.15, -0.1) is 0 Å². The summed E-state index contributed by atoms with van der Waals surface area (Å²) in [6.07, 6.45) is 1.22. The molecule has 0 bridgehead atoms. The van der Waals surface area contributed by atoms with Crippen molar-refractivity contribution in [1.29, 1.82) is 0 Å². The molecule has 1 unspecified atom stereocenters. The molecule has 2 saturated heterocycles. The van der Waals surface area contributed by atoms with Crippen molar-refractivity contribution in [3.05, 3.63) is 29.8 Å². The van der Waals surface area contributed by atoms with Gasteiger partial charge in [0, 0.05) is 46.2 Å². The number of methoxy groups -OCH3 is 1. The summed E-state index contributed by atoms with van der Waals surface area (Å²) in [4.78, 5) is 31.0. The average molecular weight is 389 g/mol. The van der Waals surface area contributed by atoms with E-state index in [0.717, 1.165) is 50.6 Å². The summed E-state index contributed by atoms with van der Waals surface area (Å²) in [5.41, 5.74) is 0.977. The summed E-state index contributed by atoms with van der Waals surface area (Å²) in [7, 11) is 1.63. The number of nitrogens with zero attached hydrogens (tertiary/aromatic N) is 3. The van der Waals surface area contributed by atoms with E-state index >= 15 is 0 Å². The molecule has 1 aromatic rings. The molecule has 0 saturated carbocycles. The first-order valence-electron chi connectivity index (χ1n) is 10.0. The summed E-state index contributed by atoms with van der Waals surface area (Å²) in [6.45, 7) is 7.89. The van der Waals surface area contributed by atoms with Crippen molar-refractivity contribution < 1.29 is 19.1 Å². The van der Waals surface area contributed by atoms with Gasteiger partial charge >= 0.3 is 0 Å². The maximum Gasteiger partial charge on any atom is 0.227 e. The van der Waals surface area contributed by atoms with E-state index in [0.29, 0.717) is 26.1 Å². The largest absolute Gasteiger partial charge is 0.497 e. The lowest BCUT2D eigenvalue weighted by molar-refractivity contribution is -0.133. The lowest BCUT2D eigenvalue weighted by atomic mass is 10.1. The van der Waals surface area contributed by atoms with E-state index in [-0.39, 0.29) is 17.9 Å². The zero-order chi connectivity index (χ0) is 19.9. The molecule has 0 aromatic heterocycles. The zero-order valence-electron chi connectivity index (χ0n) is 16.9. The average Bonchev–Trinajstić information content (AvgIpc) is 3.19. The highest BCUT2D eigenvalue weighted by atomic mass is 16.5. The first-order valence-corrected chi connectivity index (χ1v) is 10.0. The number of carbonyl (C=O) groups excluding carboxylic acids is 2. The van der Waals surface area contributed by atoms with Crippen LogP contribution in [0.5, 0.6) is 5.75 Å². The number of likely N-dealkylation sites (tertiary alicyclic amines) is 1. The van der Waals surface area contributed by atoms with E-state index in [4.69, 9.17) is 9.47 Å². The van der Waals surface area contributed by atoms with Gasteiger partial charge in [-0.05, 0) is 24.1 Å². The van der Waals surface area contributed by atoms with Crippen LogP contribution in [0.1, 0.15) is 18.9 Å². The minimum absolute atomic E-state index is 0.0858. The Morgan fingerprint density at radius 2 is 1.89 bits per heavy atom. The summed E-state index contributed by atoms with van der Waals surface area (Å²) in [5.74, 6) is 0.988. The summed E-state index contributed by atoms with van der Waals surface area (Å²) >= 11 is 0. The van der Waals surface area contributed by atoms with E-state index < -0.39 is 0 Å². The molecule has 1 atom stereocenters. The molecule has 2 aliphatic heterocycles. The van der Waals surface area contributed by atoms with Gasteiger partial charge in [0.2, 0.25) is 11.8 Å². The second kappa shape index (κ2) is 9.89. The predicted octanol–water partition coefficient (Wildman–Crippen LogP) is 1.02. The Balaban J connectivity index is 1.50. The van der Waals surface area contributed by atoms with Crippen LogP contribution in [0.4, 0.5) is 0 Å². The maximum atomic E-state index is 12.7. The Labute approximate surface area is 167 Å². The zero-order valence-corrected chi connectivity index (χ0v) is 16.9. The fraction of sp³-hybridized carbons (Fsp3) is 0.619. The summed E-state index contributed by atoms with van der Waals surface area (Å²) < 4.78 is 10.5. The molecule has 2 heterocycles. The minimum Gasteiger partial charge on any atom is -0.497 e. The number of hydrogen-bond acceptors (Lipinski definition) is 5. The lowest BCUT2D eigenvalue weighted by Crippen LogP contribution is -2.47. The molecule has 2 aliphatic rings. The molecule has 0 spiro atoms. The van der Waals surface area contributed by atoms with Gasteiger partial charge in [-0.3, -0.25) is 14.5 Å². The van der Waals surface area contributed by atoms with Crippen molar-refractivity contribution in [2.45, 2.75) is 25.8 Å². The van der Waals surface area contributed by atoms with Gasteiger partial charge in [-0.2, -0.15) is 0 Å². The van der Waals surface area contributed by atoms with Crippen molar-refractivity contribution in [1.82, 2.24) is 14.7 Å². The number of carbonyl (C=O) groups is 2. The van der Waals surface area contributed by atoms with Crippen LogP contribution in [0, 0.1) is 0 Å². The number of ether oxygens (including phenoxy) is 2. The van der Waals surface area contributed by atoms with Gasteiger partial charge < -0.3 is 19.3 Å². The van der Waals surface area contributed by atoms with Crippen LogP contribution >= 0.6 is 0 Å². The second-order valence-electron chi connectivity index (χ2n) is 7.47. The van der Waals surface area contributed by atoms with Gasteiger partial charge in [0.1, 0.15) is 5.75 Å². The van der Waals surface area contributed by atoms with Crippen LogP contribution in [0.15, 0.2) is 24.3 Å². The maximum absolute atomic E-state index is 12.7. The van der Waals surface area contributed by atoms with Crippen LogP contribution in [-0.2, 0) is 20.7 Å². The van der Waals surface area contributed by atoms with Crippen molar-refractivity contribution in [2.24, 2.45) is 0 Å². The highest BCUT2D eigenvalue weighted by Gasteiger charge is 2.31. The monoisotopic (exact) mass is 389 g/mol. The first kappa shape index (κ1) is 20.6. The topological polar surface area (TPSA) is 62.3 Å². The summed E-state index contributed by atoms with van der Waals surface area (Å²) in [5, 5.41) is 0. The molecule has 2 fully saturated rings. The van der Waals surface area contributed by atoms with Crippen molar-refractivity contribution in [3.8, 4) is 5.75 Å². The van der Waals surface area contributed by atoms with Gasteiger partial charge in [0.25, 0.3) is 0 Å². The second-order valence-corrected chi connectivity index (χ2v) is 7.47. The summed E-state index contributed by atoms with van der Waals surface area (Å²) in [6, 6.07) is 7.71. The van der Waals surface area contributed by atoms with Gasteiger partial charge in [-0.1, -0.05) is 12.1 Å². The number of morpholine rings is 1. The van der Waals surface area contributed by atoms with Gasteiger partial charge in [-0.25, -0.2) is 0 Å². The third-order valence-electron chi connectivity index (χ3n) is 5.64. The lowest BCUT2D eigenvalue weighted by Gasteiger charge is -2.32. The molecule has 154 valence electrons. The minimum atomic E-state index is 0.0858. The van der Waals surface area contributed by atoms with Crippen LogP contribution in [0.25, 0.3) is 0 Å². The Bertz CT molecular complexity index is 658. The molecular formula is C21H31N3O4. The Kier molecular flexibility index (Phi) is 7.28. The normalized spacial score (nSPS) is 20.2.